The molecule has 110 valence electrons. The highest BCUT2D eigenvalue weighted by molar-refractivity contribution is 7.99. The summed E-state index contributed by atoms with van der Waals surface area (Å²) < 4.78 is 12.9. The summed E-state index contributed by atoms with van der Waals surface area (Å²) in [5.74, 6) is -1.02. The van der Waals surface area contributed by atoms with Crippen LogP contribution in [0.4, 0.5) is 4.39 Å². The lowest BCUT2D eigenvalue weighted by molar-refractivity contribution is -0.133. The second-order valence-corrected chi connectivity index (χ2v) is 5.35. The average Bonchev–Trinajstić information content (AvgIpc) is 2.41. The van der Waals surface area contributed by atoms with Crippen molar-refractivity contribution in [3.05, 3.63) is 35.6 Å². The molecule has 4 nitrogen and oxygen atoms in total. The van der Waals surface area contributed by atoms with Gasteiger partial charge in [0.2, 0.25) is 5.91 Å². The van der Waals surface area contributed by atoms with E-state index < -0.39 is 5.97 Å². The molecule has 1 unspecified atom stereocenters. The summed E-state index contributed by atoms with van der Waals surface area (Å²) in [5.41, 5.74) is 0.782. The third-order valence-electron chi connectivity index (χ3n) is 2.77. The Bertz CT molecular complexity index is 450. The molecule has 0 fully saturated rings. The minimum atomic E-state index is -0.862. The van der Waals surface area contributed by atoms with E-state index in [1.165, 1.54) is 23.9 Å². The van der Waals surface area contributed by atoms with E-state index in [-0.39, 0.29) is 23.4 Å². The van der Waals surface area contributed by atoms with Gasteiger partial charge in [0.05, 0.1) is 11.7 Å². The zero-order chi connectivity index (χ0) is 15.0. The molecular weight excluding hydrogens is 281 g/mol. The molecule has 20 heavy (non-hydrogen) atoms. The number of carboxylic acid groups (broad SMARTS) is 1. The average molecular weight is 299 g/mol. The number of hydrogen-bond donors (Lipinski definition) is 2. The number of hydrogen-bond acceptors (Lipinski definition) is 3. The lowest BCUT2D eigenvalue weighted by Gasteiger charge is -2.15. The molecule has 0 aliphatic heterocycles. The van der Waals surface area contributed by atoms with Gasteiger partial charge < -0.3 is 10.4 Å². The van der Waals surface area contributed by atoms with Crippen molar-refractivity contribution >= 4 is 23.6 Å². The van der Waals surface area contributed by atoms with E-state index in [1.54, 1.807) is 12.1 Å². The highest BCUT2D eigenvalue weighted by Crippen LogP contribution is 2.19. The fraction of sp³-hybridized carbons (Fsp3) is 0.429. The van der Waals surface area contributed by atoms with Crippen LogP contribution >= 0.6 is 11.8 Å². The third kappa shape index (κ3) is 5.61. The van der Waals surface area contributed by atoms with Gasteiger partial charge in [-0.2, -0.15) is 0 Å². The minimum absolute atomic E-state index is 0.0328. The first-order valence-corrected chi connectivity index (χ1v) is 7.52. The number of amides is 1. The summed E-state index contributed by atoms with van der Waals surface area (Å²) in [5, 5.41) is 11.3. The molecule has 0 aromatic heterocycles. The first-order valence-electron chi connectivity index (χ1n) is 6.37. The predicted octanol–water partition coefficient (Wildman–Crippen LogP) is 2.25. The molecule has 0 saturated heterocycles. The van der Waals surface area contributed by atoms with Gasteiger partial charge in [-0.3, -0.25) is 9.59 Å². The Morgan fingerprint density at radius 1 is 1.35 bits per heavy atom. The van der Waals surface area contributed by atoms with Gasteiger partial charge in [0.15, 0.2) is 0 Å². The molecule has 0 spiro atoms. The van der Waals surface area contributed by atoms with Gasteiger partial charge in [-0.1, -0.05) is 19.1 Å². The second-order valence-electron chi connectivity index (χ2n) is 4.25. The molecule has 1 atom stereocenters. The smallest absolute Gasteiger partial charge is 0.313 e. The van der Waals surface area contributed by atoms with Crippen LogP contribution in [0.3, 0.4) is 0 Å². The van der Waals surface area contributed by atoms with Crippen molar-refractivity contribution < 1.29 is 19.1 Å². The molecule has 0 aliphatic rings. The number of rotatable bonds is 8. The zero-order valence-corrected chi connectivity index (χ0v) is 12.1. The van der Waals surface area contributed by atoms with Gasteiger partial charge in [-0.05, 0) is 24.1 Å². The molecule has 1 amide bonds. The van der Waals surface area contributed by atoms with Gasteiger partial charge in [0.25, 0.3) is 0 Å². The minimum Gasteiger partial charge on any atom is -0.481 e. The normalized spacial score (nSPS) is 11.9. The monoisotopic (exact) mass is 299 g/mol. The van der Waals surface area contributed by atoms with Crippen LogP contribution < -0.4 is 5.32 Å². The predicted molar refractivity (Wildman–Crippen MR) is 77.4 cm³/mol. The molecule has 0 bridgehead atoms. The van der Waals surface area contributed by atoms with Crippen LogP contribution in [0.5, 0.6) is 0 Å². The van der Waals surface area contributed by atoms with Gasteiger partial charge in [0, 0.05) is 12.3 Å². The van der Waals surface area contributed by atoms with E-state index in [1.807, 2.05) is 6.92 Å². The maximum absolute atomic E-state index is 12.9. The number of nitrogens with one attached hydrogen (secondary N) is 1. The van der Waals surface area contributed by atoms with Crippen LogP contribution in [-0.4, -0.2) is 35.0 Å². The summed E-state index contributed by atoms with van der Waals surface area (Å²) in [6, 6.07) is 5.91. The SMILES string of the molecule is CCC(C(=O)NCCSCC(=O)O)c1ccc(F)cc1. The Kier molecular flexibility index (Phi) is 7.08. The van der Waals surface area contributed by atoms with Crippen molar-refractivity contribution in [2.45, 2.75) is 19.3 Å². The molecule has 0 saturated carbocycles. The Balaban J connectivity index is 2.43. The number of benzene rings is 1. The number of thioether (sulfide) groups is 1. The zero-order valence-electron chi connectivity index (χ0n) is 11.3. The van der Waals surface area contributed by atoms with E-state index in [0.29, 0.717) is 18.7 Å². The van der Waals surface area contributed by atoms with Crippen LogP contribution in [0.2, 0.25) is 0 Å². The molecule has 1 aromatic rings. The van der Waals surface area contributed by atoms with Crippen LogP contribution in [0, 0.1) is 5.82 Å². The maximum Gasteiger partial charge on any atom is 0.313 e. The maximum atomic E-state index is 12.9. The van der Waals surface area contributed by atoms with Crippen molar-refractivity contribution in [3.63, 3.8) is 0 Å². The van der Waals surface area contributed by atoms with Gasteiger partial charge in [-0.25, -0.2) is 4.39 Å². The van der Waals surface area contributed by atoms with Crippen LogP contribution in [0.15, 0.2) is 24.3 Å². The fourth-order valence-corrected chi connectivity index (χ4v) is 2.36. The van der Waals surface area contributed by atoms with E-state index >= 15 is 0 Å². The van der Waals surface area contributed by atoms with Crippen LogP contribution in [0.25, 0.3) is 0 Å². The Morgan fingerprint density at radius 3 is 2.55 bits per heavy atom. The summed E-state index contributed by atoms with van der Waals surface area (Å²) >= 11 is 1.26. The number of carbonyl (C=O) groups excluding carboxylic acids is 1. The summed E-state index contributed by atoms with van der Waals surface area (Å²) in [6.45, 7) is 2.32. The summed E-state index contributed by atoms with van der Waals surface area (Å²) in [4.78, 5) is 22.4. The quantitative estimate of drug-likeness (QED) is 0.723. The molecular formula is C14H18FNO3S. The van der Waals surface area contributed by atoms with Crippen molar-refractivity contribution in [1.29, 1.82) is 0 Å². The first kappa shape index (κ1) is 16.5. The van der Waals surface area contributed by atoms with E-state index in [4.69, 9.17) is 5.11 Å². The van der Waals surface area contributed by atoms with E-state index in [2.05, 4.69) is 5.32 Å². The van der Waals surface area contributed by atoms with E-state index in [0.717, 1.165) is 5.56 Å². The topological polar surface area (TPSA) is 66.4 Å². The largest absolute Gasteiger partial charge is 0.481 e. The first-order chi connectivity index (χ1) is 9.54. The van der Waals surface area contributed by atoms with Crippen LogP contribution in [-0.2, 0) is 9.59 Å². The summed E-state index contributed by atoms with van der Waals surface area (Å²) in [7, 11) is 0. The second kappa shape index (κ2) is 8.58. The number of carboxylic acids is 1. The van der Waals surface area contributed by atoms with E-state index in [9.17, 15) is 14.0 Å². The van der Waals surface area contributed by atoms with Gasteiger partial charge in [-0.15, -0.1) is 11.8 Å². The highest BCUT2D eigenvalue weighted by Gasteiger charge is 2.18. The van der Waals surface area contributed by atoms with Crippen molar-refractivity contribution in [2.75, 3.05) is 18.1 Å². The molecule has 0 heterocycles. The molecule has 6 heteroatoms. The Labute approximate surface area is 121 Å². The van der Waals surface area contributed by atoms with Crippen molar-refractivity contribution in [2.24, 2.45) is 0 Å². The molecule has 1 aromatic carbocycles. The molecule has 2 N–H and O–H groups in total. The highest BCUT2D eigenvalue weighted by atomic mass is 32.2. The fourth-order valence-electron chi connectivity index (χ4n) is 1.80. The number of carbonyl (C=O) groups is 2. The Hall–Kier alpha value is -1.56. The summed E-state index contributed by atoms with van der Waals surface area (Å²) in [6.07, 6.45) is 0.625. The molecule has 0 aliphatic carbocycles. The van der Waals surface area contributed by atoms with Gasteiger partial charge in [0.1, 0.15) is 5.82 Å². The number of halogens is 1. The number of aliphatic carboxylic acids is 1. The lowest BCUT2D eigenvalue weighted by atomic mass is 9.95. The molecule has 1 rings (SSSR count). The Morgan fingerprint density at radius 2 is 2.00 bits per heavy atom. The van der Waals surface area contributed by atoms with Crippen molar-refractivity contribution in [3.8, 4) is 0 Å². The lowest BCUT2D eigenvalue weighted by Crippen LogP contribution is -2.31. The van der Waals surface area contributed by atoms with Gasteiger partial charge >= 0.3 is 5.97 Å². The standard InChI is InChI=1S/C14H18FNO3S/c1-2-12(10-3-5-11(15)6-4-10)14(19)16-7-8-20-9-13(17)18/h3-6,12H,2,7-9H2,1H3,(H,16,19)(H,17,18). The van der Waals surface area contributed by atoms with Crippen LogP contribution in [0.1, 0.15) is 24.8 Å². The molecule has 0 radical (unpaired) electrons. The third-order valence-corrected chi connectivity index (χ3v) is 3.71. The van der Waals surface area contributed by atoms with Crippen molar-refractivity contribution in [1.82, 2.24) is 5.32 Å².